The Balaban J connectivity index is 1.97. The molecule has 0 aromatic carbocycles. The number of carbonyl (C=O) groups is 1. The third-order valence-electron chi connectivity index (χ3n) is 2.76. The first-order valence-electron chi connectivity index (χ1n) is 5.98. The van der Waals surface area contributed by atoms with Crippen LogP contribution in [0.4, 0.5) is 0 Å². The van der Waals surface area contributed by atoms with E-state index in [2.05, 4.69) is 15.3 Å². The summed E-state index contributed by atoms with van der Waals surface area (Å²) in [4.78, 5) is 20.0. The molecular weight excluding hydrogens is 234 g/mol. The first kappa shape index (κ1) is 12.8. The van der Waals surface area contributed by atoms with Gasteiger partial charge in [-0.1, -0.05) is 0 Å². The second kappa shape index (κ2) is 5.77. The van der Waals surface area contributed by atoms with Crippen LogP contribution < -0.4 is 10.1 Å². The fraction of sp³-hybridized carbons (Fsp3) is 0.583. The van der Waals surface area contributed by atoms with Crippen molar-refractivity contribution >= 4 is 5.91 Å². The van der Waals surface area contributed by atoms with Crippen LogP contribution in [-0.2, 0) is 4.74 Å². The highest BCUT2D eigenvalue weighted by atomic mass is 16.5. The fourth-order valence-electron chi connectivity index (χ4n) is 1.85. The number of hydrogen-bond acceptors (Lipinski definition) is 5. The number of nitrogens with zero attached hydrogens (tertiary/aromatic N) is 2. The van der Waals surface area contributed by atoms with Gasteiger partial charge < -0.3 is 14.8 Å². The number of methoxy groups -OCH3 is 1. The molecule has 1 saturated heterocycles. The van der Waals surface area contributed by atoms with Crippen LogP contribution in [0.2, 0.25) is 0 Å². The van der Waals surface area contributed by atoms with Gasteiger partial charge in [-0.15, -0.1) is 0 Å². The van der Waals surface area contributed by atoms with E-state index >= 15 is 0 Å². The summed E-state index contributed by atoms with van der Waals surface area (Å²) in [6.07, 6.45) is 2.17. The summed E-state index contributed by atoms with van der Waals surface area (Å²) in [5, 5.41) is 2.81. The van der Waals surface area contributed by atoms with E-state index in [1.54, 1.807) is 13.0 Å². The molecule has 0 radical (unpaired) electrons. The lowest BCUT2D eigenvalue weighted by molar-refractivity contribution is 0.0852. The van der Waals surface area contributed by atoms with Crippen LogP contribution in [0.1, 0.15) is 29.0 Å². The minimum Gasteiger partial charge on any atom is -0.467 e. The van der Waals surface area contributed by atoms with Gasteiger partial charge in [-0.3, -0.25) is 4.79 Å². The maximum absolute atomic E-state index is 11.9. The maximum Gasteiger partial charge on any atom is 0.317 e. The Hall–Kier alpha value is -1.69. The predicted molar refractivity (Wildman–Crippen MR) is 64.6 cm³/mol. The summed E-state index contributed by atoms with van der Waals surface area (Å²) in [5.41, 5.74) is 1.02. The molecule has 1 amide bonds. The van der Waals surface area contributed by atoms with E-state index in [0.717, 1.165) is 19.4 Å². The van der Waals surface area contributed by atoms with Crippen LogP contribution >= 0.6 is 0 Å². The molecule has 18 heavy (non-hydrogen) atoms. The molecule has 2 rings (SSSR count). The Morgan fingerprint density at radius 1 is 1.61 bits per heavy atom. The highest BCUT2D eigenvalue weighted by Crippen LogP contribution is 2.11. The molecule has 1 fully saturated rings. The average Bonchev–Trinajstić information content (AvgIpc) is 2.88. The van der Waals surface area contributed by atoms with Crippen molar-refractivity contribution in [2.24, 2.45) is 0 Å². The van der Waals surface area contributed by atoms with Gasteiger partial charge in [-0.25, -0.2) is 4.98 Å². The number of nitrogens with one attached hydrogen (secondary N) is 1. The molecule has 0 spiro atoms. The molecule has 1 aromatic rings. The van der Waals surface area contributed by atoms with Gasteiger partial charge in [0.15, 0.2) is 0 Å². The van der Waals surface area contributed by atoms with Crippen molar-refractivity contribution in [2.45, 2.75) is 25.9 Å². The lowest BCUT2D eigenvalue weighted by Crippen LogP contribution is -2.32. The minimum absolute atomic E-state index is 0.124. The number of hydrogen-bond donors (Lipinski definition) is 1. The quantitative estimate of drug-likeness (QED) is 0.852. The van der Waals surface area contributed by atoms with Gasteiger partial charge in [0.05, 0.1) is 13.2 Å². The van der Waals surface area contributed by atoms with Crippen molar-refractivity contribution in [2.75, 3.05) is 20.3 Å². The minimum atomic E-state index is -0.227. The largest absolute Gasteiger partial charge is 0.467 e. The number of ether oxygens (including phenoxy) is 2. The van der Waals surface area contributed by atoms with Gasteiger partial charge in [0.1, 0.15) is 5.69 Å². The van der Waals surface area contributed by atoms with E-state index in [-0.39, 0.29) is 18.0 Å². The molecule has 1 unspecified atom stereocenters. The summed E-state index contributed by atoms with van der Waals surface area (Å²) in [5.74, 6) is -0.227. The average molecular weight is 251 g/mol. The topological polar surface area (TPSA) is 73.3 Å². The molecule has 0 saturated carbocycles. The van der Waals surface area contributed by atoms with E-state index in [1.165, 1.54) is 7.11 Å². The van der Waals surface area contributed by atoms with Crippen molar-refractivity contribution < 1.29 is 14.3 Å². The lowest BCUT2D eigenvalue weighted by Gasteiger charge is -2.10. The van der Waals surface area contributed by atoms with Crippen LogP contribution in [0.3, 0.4) is 0 Å². The number of aryl methyl sites for hydroxylation is 1. The highest BCUT2D eigenvalue weighted by Gasteiger charge is 2.17. The summed E-state index contributed by atoms with van der Waals surface area (Å²) >= 11 is 0. The Labute approximate surface area is 106 Å². The van der Waals surface area contributed by atoms with E-state index in [1.807, 2.05) is 0 Å². The Bertz CT molecular complexity index is 431. The Kier molecular flexibility index (Phi) is 4.09. The smallest absolute Gasteiger partial charge is 0.317 e. The Morgan fingerprint density at radius 3 is 3.11 bits per heavy atom. The zero-order chi connectivity index (χ0) is 13.0. The van der Waals surface area contributed by atoms with Gasteiger partial charge in [-0.2, -0.15) is 4.98 Å². The predicted octanol–water partition coefficient (Wildman–Crippen LogP) is 0.702. The highest BCUT2D eigenvalue weighted by molar-refractivity contribution is 5.92. The molecule has 1 atom stereocenters. The summed E-state index contributed by atoms with van der Waals surface area (Å²) in [7, 11) is 1.48. The number of rotatable bonds is 4. The zero-order valence-corrected chi connectivity index (χ0v) is 10.6. The number of amides is 1. The van der Waals surface area contributed by atoms with Crippen molar-refractivity contribution in [1.82, 2.24) is 15.3 Å². The molecule has 1 aromatic heterocycles. The van der Waals surface area contributed by atoms with E-state index in [0.29, 0.717) is 17.9 Å². The fourth-order valence-corrected chi connectivity index (χ4v) is 1.85. The number of carbonyl (C=O) groups excluding carboxylic acids is 1. The lowest BCUT2D eigenvalue weighted by atomic mass is 10.2. The van der Waals surface area contributed by atoms with Crippen LogP contribution in [0.5, 0.6) is 6.01 Å². The van der Waals surface area contributed by atoms with Crippen LogP contribution in [0.25, 0.3) is 0 Å². The molecule has 1 aliphatic rings. The first-order valence-corrected chi connectivity index (χ1v) is 5.98. The Morgan fingerprint density at radius 2 is 2.44 bits per heavy atom. The molecule has 6 heteroatoms. The van der Waals surface area contributed by atoms with Gasteiger partial charge >= 0.3 is 6.01 Å². The molecule has 1 N–H and O–H groups in total. The maximum atomic E-state index is 11.9. The van der Waals surface area contributed by atoms with Gasteiger partial charge in [0.25, 0.3) is 5.91 Å². The second-order valence-electron chi connectivity index (χ2n) is 4.23. The second-order valence-corrected chi connectivity index (χ2v) is 4.23. The zero-order valence-electron chi connectivity index (χ0n) is 10.6. The molecule has 1 aliphatic heterocycles. The third kappa shape index (κ3) is 3.16. The van der Waals surface area contributed by atoms with Crippen molar-refractivity contribution in [3.8, 4) is 6.01 Å². The van der Waals surface area contributed by atoms with Crippen LogP contribution in [0.15, 0.2) is 6.07 Å². The monoisotopic (exact) mass is 251 g/mol. The van der Waals surface area contributed by atoms with E-state index in [4.69, 9.17) is 9.47 Å². The summed E-state index contributed by atoms with van der Waals surface area (Å²) in [6, 6.07) is 1.84. The van der Waals surface area contributed by atoms with E-state index < -0.39 is 0 Å². The van der Waals surface area contributed by atoms with Crippen LogP contribution in [0, 0.1) is 6.92 Å². The molecule has 0 aliphatic carbocycles. The summed E-state index contributed by atoms with van der Waals surface area (Å²) in [6.45, 7) is 3.09. The first-order chi connectivity index (χ1) is 8.69. The van der Waals surface area contributed by atoms with E-state index in [9.17, 15) is 4.79 Å². The molecule has 6 nitrogen and oxygen atoms in total. The van der Waals surface area contributed by atoms with Gasteiger partial charge in [0, 0.05) is 18.8 Å². The molecule has 98 valence electrons. The SMILES string of the molecule is COc1nc(C)cc(C(=O)NCC2CCCO2)n1. The molecular formula is C12H17N3O3. The van der Waals surface area contributed by atoms with Crippen molar-refractivity contribution in [3.05, 3.63) is 17.5 Å². The molecule has 0 bridgehead atoms. The van der Waals surface area contributed by atoms with Crippen molar-refractivity contribution in [1.29, 1.82) is 0 Å². The third-order valence-corrected chi connectivity index (χ3v) is 2.76. The van der Waals surface area contributed by atoms with Crippen molar-refractivity contribution in [3.63, 3.8) is 0 Å². The number of aromatic nitrogens is 2. The van der Waals surface area contributed by atoms with Crippen LogP contribution in [-0.4, -0.2) is 42.2 Å². The van der Waals surface area contributed by atoms with Gasteiger partial charge in [-0.05, 0) is 25.8 Å². The summed E-state index contributed by atoms with van der Waals surface area (Å²) < 4.78 is 10.4. The standard InChI is InChI=1S/C12H17N3O3/c1-8-6-10(15-12(14-8)17-2)11(16)13-7-9-4-3-5-18-9/h6,9H,3-5,7H2,1-2H3,(H,13,16). The normalized spacial score (nSPS) is 18.7. The molecule has 2 heterocycles. The van der Waals surface area contributed by atoms with Gasteiger partial charge in [0.2, 0.25) is 0 Å².